The summed E-state index contributed by atoms with van der Waals surface area (Å²) in [4.78, 5) is 60.4. The number of nitrogens with one attached hydrogen (secondary N) is 2. The molecule has 2 amide bonds. The normalized spacial score (nSPS) is 30.4. The molecule has 6 fully saturated rings. The highest BCUT2D eigenvalue weighted by Gasteiger charge is 2.78. The van der Waals surface area contributed by atoms with Gasteiger partial charge in [-0.3, -0.25) is 24.0 Å². The molecule has 3 aliphatic heterocycles. The summed E-state index contributed by atoms with van der Waals surface area (Å²) in [5, 5.41) is 26.0. The Morgan fingerprint density at radius 3 is 2.50 bits per heavy atom. The van der Waals surface area contributed by atoms with Gasteiger partial charge in [0, 0.05) is 37.6 Å². The number of fused-ring (bicyclic) bond motifs is 4. The Hall–Kier alpha value is -3.60. The third-order valence-corrected chi connectivity index (χ3v) is 11.1. The summed E-state index contributed by atoms with van der Waals surface area (Å²) in [6, 6.07) is 5.83. The van der Waals surface area contributed by atoms with Gasteiger partial charge in [0.05, 0.1) is 32.1 Å². The van der Waals surface area contributed by atoms with Gasteiger partial charge < -0.3 is 44.5 Å². The number of aliphatic hydroxyl groups is 2. The Bertz CT molecular complexity index is 1590. The van der Waals surface area contributed by atoms with Crippen molar-refractivity contribution in [1.82, 2.24) is 15.7 Å². The predicted molar refractivity (Wildman–Crippen MR) is 189 cm³/mol. The van der Waals surface area contributed by atoms with Gasteiger partial charge in [0.25, 0.3) is 0 Å². The first-order valence-corrected chi connectivity index (χ1v) is 19.2. The lowest BCUT2D eigenvalue weighted by Gasteiger charge is -2.48. The highest BCUT2D eigenvalue weighted by atomic mass is 16.8. The third-order valence-electron chi connectivity index (χ3n) is 11.1. The molecule has 0 radical (unpaired) electrons. The molecule has 2 bridgehead atoms. The first kappa shape index (κ1) is 38.7. The summed E-state index contributed by atoms with van der Waals surface area (Å²) in [6.45, 7) is 5.13. The second-order valence-corrected chi connectivity index (χ2v) is 16.4. The average molecular weight is 756 g/mol. The molecule has 54 heavy (non-hydrogen) atoms. The van der Waals surface area contributed by atoms with Crippen molar-refractivity contribution in [3.05, 3.63) is 41.7 Å². The fourth-order valence-corrected chi connectivity index (χ4v) is 8.54. The first-order valence-electron chi connectivity index (χ1n) is 19.2. The number of hydroxylamine groups is 2. The molecule has 7 unspecified atom stereocenters. The van der Waals surface area contributed by atoms with Gasteiger partial charge in [-0.1, -0.05) is 24.3 Å². The number of aliphatic hydroxyl groups excluding tert-OH is 2. The summed E-state index contributed by atoms with van der Waals surface area (Å²) in [5.41, 5.74) is -0.383. The van der Waals surface area contributed by atoms with Crippen molar-refractivity contribution in [2.75, 3.05) is 26.4 Å². The molecule has 0 aromatic heterocycles. The zero-order chi connectivity index (χ0) is 38.3. The van der Waals surface area contributed by atoms with Crippen molar-refractivity contribution in [1.29, 1.82) is 0 Å². The quantitative estimate of drug-likeness (QED) is 0.103. The van der Waals surface area contributed by atoms with Crippen LogP contribution in [0.3, 0.4) is 0 Å². The standard InChI is InChI=1S/C39H53N3O12/c1-37(2,3)51-30(46)12-11-27(22-44)41-29(45)13-15-40-36(48)38-20-28-31-32(53-39(52-31,25-7-8-25)26-9-10-26)34(38)54-42(33(38)35(47)50-28)21-24-6-4-5-23(19-24)14-17-49-18-16-43/h4-6,14,17,19,25-28,31-34,43-44H,7-13,15-16,18,20-22H2,1-3H3,(H,40,48)(H,41,45). The number of nitrogens with zero attached hydrogens (tertiary/aromatic N) is 1. The van der Waals surface area contributed by atoms with Crippen molar-refractivity contribution in [3.63, 3.8) is 0 Å². The minimum absolute atomic E-state index is 0.0232. The van der Waals surface area contributed by atoms with Crippen LogP contribution in [0.2, 0.25) is 0 Å². The molecule has 4 N–H and O–H groups in total. The zero-order valence-electron chi connectivity index (χ0n) is 31.2. The average Bonchev–Trinajstić information content (AvgIpc) is 4.07. The van der Waals surface area contributed by atoms with Gasteiger partial charge >= 0.3 is 11.9 Å². The van der Waals surface area contributed by atoms with E-state index in [2.05, 4.69) is 10.6 Å². The van der Waals surface area contributed by atoms with Crippen molar-refractivity contribution in [3.8, 4) is 0 Å². The molecule has 0 spiro atoms. The number of ether oxygens (including phenoxy) is 5. The lowest BCUT2D eigenvalue weighted by molar-refractivity contribution is -0.235. The second kappa shape index (κ2) is 15.5. The smallest absolute Gasteiger partial charge is 0.327 e. The van der Waals surface area contributed by atoms with Gasteiger partial charge in [-0.2, -0.15) is 5.06 Å². The Morgan fingerprint density at radius 2 is 1.81 bits per heavy atom. The Kier molecular flexibility index (Phi) is 11.1. The molecular weight excluding hydrogens is 702 g/mol. The lowest BCUT2D eigenvalue weighted by Crippen LogP contribution is -2.69. The second-order valence-electron chi connectivity index (χ2n) is 16.4. The molecule has 15 heteroatoms. The van der Waals surface area contributed by atoms with Crippen LogP contribution in [0.25, 0.3) is 6.08 Å². The molecule has 296 valence electrons. The molecular formula is C39H53N3O12. The van der Waals surface area contributed by atoms with Crippen LogP contribution in [0, 0.1) is 17.3 Å². The largest absolute Gasteiger partial charge is 0.499 e. The van der Waals surface area contributed by atoms with E-state index in [0.717, 1.165) is 36.8 Å². The van der Waals surface area contributed by atoms with Crippen LogP contribution < -0.4 is 10.6 Å². The van der Waals surface area contributed by atoms with Gasteiger partial charge in [0.1, 0.15) is 42.0 Å². The van der Waals surface area contributed by atoms with E-state index in [1.165, 1.54) is 11.3 Å². The molecule has 3 aliphatic carbocycles. The van der Waals surface area contributed by atoms with Gasteiger partial charge in [0.15, 0.2) is 11.8 Å². The van der Waals surface area contributed by atoms with E-state index in [1.54, 1.807) is 26.8 Å². The molecule has 3 heterocycles. The molecule has 7 atom stereocenters. The number of benzene rings is 1. The van der Waals surface area contributed by atoms with Gasteiger partial charge in [-0.25, -0.2) is 0 Å². The van der Waals surface area contributed by atoms with E-state index in [-0.39, 0.29) is 70.4 Å². The van der Waals surface area contributed by atoms with Crippen molar-refractivity contribution < 1.29 is 57.9 Å². The number of carbonyl (C=O) groups excluding carboxylic acids is 4. The van der Waals surface area contributed by atoms with Crippen LogP contribution in [0.4, 0.5) is 0 Å². The Morgan fingerprint density at radius 1 is 1.07 bits per heavy atom. The maximum absolute atomic E-state index is 14.6. The number of amides is 2. The Labute approximate surface area is 314 Å². The Balaban J connectivity index is 1.07. The van der Waals surface area contributed by atoms with E-state index in [4.69, 9.17) is 33.6 Å². The summed E-state index contributed by atoms with van der Waals surface area (Å²) >= 11 is 0. The number of hydrogen-bond donors (Lipinski definition) is 4. The maximum Gasteiger partial charge on any atom is 0.327 e. The maximum atomic E-state index is 14.6. The van der Waals surface area contributed by atoms with E-state index in [9.17, 15) is 24.3 Å². The van der Waals surface area contributed by atoms with Crippen LogP contribution >= 0.6 is 0 Å². The molecule has 1 aromatic rings. The van der Waals surface area contributed by atoms with Crippen molar-refractivity contribution in [2.45, 2.75) is 127 Å². The minimum Gasteiger partial charge on any atom is -0.499 e. The van der Waals surface area contributed by atoms with Crippen molar-refractivity contribution in [2.24, 2.45) is 17.3 Å². The number of rotatable bonds is 17. The van der Waals surface area contributed by atoms with Crippen LogP contribution in [0.15, 0.2) is 30.5 Å². The fraction of sp³-hybridized carbons (Fsp3) is 0.692. The van der Waals surface area contributed by atoms with Gasteiger partial charge in [-0.05, 0) is 70.1 Å². The molecule has 15 nitrogen and oxygen atoms in total. The summed E-state index contributed by atoms with van der Waals surface area (Å²) in [5.74, 6) is -2.16. The summed E-state index contributed by atoms with van der Waals surface area (Å²) in [7, 11) is 0. The van der Waals surface area contributed by atoms with E-state index >= 15 is 0 Å². The van der Waals surface area contributed by atoms with Crippen LogP contribution in [-0.4, -0.2) is 113 Å². The van der Waals surface area contributed by atoms with Crippen LogP contribution in [0.1, 0.15) is 83.3 Å². The van der Waals surface area contributed by atoms with E-state index in [0.29, 0.717) is 0 Å². The molecule has 1 aromatic carbocycles. The number of carbonyl (C=O) groups is 4. The monoisotopic (exact) mass is 755 g/mol. The number of esters is 2. The van der Waals surface area contributed by atoms with E-state index < -0.39 is 77.1 Å². The summed E-state index contributed by atoms with van der Waals surface area (Å²) in [6.07, 6.45) is 4.69. The lowest BCUT2D eigenvalue weighted by atomic mass is 9.62. The third kappa shape index (κ3) is 7.89. The fourth-order valence-electron chi connectivity index (χ4n) is 8.54. The van der Waals surface area contributed by atoms with Gasteiger partial charge in [0.2, 0.25) is 11.8 Å². The van der Waals surface area contributed by atoms with Crippen LogP contribution in [0.5, 0.6) is 0 Å². The van der Waals surface area contributed by atoms with E-state index in [1.807, 2.05) is 24.3 Å². The predicted octanol–water partition coefficient (Wildman–Crippen LogP) is 1.87. The SMILES string of the molecule is CC(C)(C)OC(=O)CCC(CO)NC(=O)CCNC(=O)C12CC3OC(=O)C1N(Cc1cccc(C=COCCO)c1)OC2C1OC(C2CC2)(C2CC2)OC31. The molecule has 7 rings (SSSR count). The van der Waals surface area contributed by atoms with Crippen LogP contribution in [-0.2, 0) is 54.2 Å². The first-order chi connectivity index (χ1) is 25.9. The highest BCUT2D eigenvalue weighted by molar-refractivity contribution is 5.94. The molecule has 3 saturated heterocycles. The van der Waals surface area contributed by atoms with Gasteiger partial charge in [-0.15, -0.1) is 0 Å². The summed E-state index contributed by atoms with van der Waals surface area (Å²) < 4.78 is 30.4. The minimum atomic E-state index is -1.39. The highest BCUT2D eigenvalue weighted by Crippen LogP contribution is 2.63. The molecule has 6 aliphatic rings. The van der Waals surface area contributed by atoms with Crippen molar-refractivity contribution >= 4 is 29.8 Å². The molecule has 3 saturated carbocycles. The topological polar surface area (TPSA) is 191 Å². The number of hydrogen-bond acceptors (Lipinski definition) is 13. The zero-order valence-corrected chi connectivity index (χ0v) is 31.2.